The highest BCUT2D eigenvalue weighted by Crippen LogP contribution is 2.39. The molecule has 2 amide bonds. The van der Waals surface area contributed by atoms with Gasteiger partial charge in [-0.05, 0) is 48.9 Å². The van der Waals surface area contributed by atoms with E-state index < -0.39 is 11.9 Å². The Balaban J connectivity index is 1.46. The third kappa shape index (κ3) is 4.40. The summed E-state index contributed by atoms with van der Waals surface area (Å²) in [5.74, 6) is -0.578. The number of rotatable bonds is 4. The predicted molar refractivity (Wildman–Crippen MR) is 137 cm³/mol. The summed E-state index contributed by atoms with van der Waals surface area (Å²) in [5.41, 5.74) is 8.28. The Morgan fingerprint density at radius 3 is 2.36 bits per heavy atom. The quantitative estimate of drug-likeness (QED) is 0.532. The number of hydrogen-bond acceptors (Lipinski definition) is 5. The molecule has 0 spiro atoms. The summed E-state index contributed by atoms with van der Waals surface area (Å²) in [6, 6.07) is 12.4. The van der Waals surface area contributed by atoms with Crippen LogP contribution in [0.1, 0.15) is 29.0 Å². The summed E-state index contributed by atoms with van der Waals surface area (Å²) in [4.78, 5) is 29.6. The second-order valence-corrected chi connectivity index (χ2v) is 9.53. The summed E-state index contributed by atoms with van der Waals surface area (Å²) in [6.07, 6.45) is 0. The number of halogens is 3. The van der Waals surface area contributed by atoms with E-state index in [-0.39, 0.29) is 17.4 Å². The second kappa shape index (κ2) is 9.48. The van der Waals surface area contributed by atoms with Crippen molar-refractivity contribution in [3.63, 3.8) is 0 Å². The molecule has 3 heterocycles. The molecule has 1 unspecified atom stereocenters. The highest BCUT2D eigenvalue weighted by molar-refractivity contribution is 6.42. The largest absolute Gasteiger partial charge is 0.368 e. The fourth-order valence-electron chi connectivity index (χ4n) is 4.65. The fraction of sp³-hybridized carbons (Fsp3) is 0.240. The number of hydrogen-bond donors (Lipinski definition) is 2. The Morgan fingerprint density at radius 1 is 1.03 bits per heavy atom. The van der Waals surface area contributed by atoms with Crippen molar-refractivity contribution in [1.29, 1.82) is 0 Å². The van der Waals surface area contributed by atoms with Gasteiger partial charge in [-0.25, -0.2) is 9.07 Å². The number of nitrogens with zero attached hydrogens (tertiary/aromatic N) is 4. The molecular formula is C25H23Cl2FN6O2. The Bertz CT molecular complexity index is 1380. The van der Waals surface area contributed by atoms with Crippen LogP contribution < -0.4 is 16.0 Å². The van der Waals surface area contributed by atoms with E-state index in [1.54, 1.807) is 46.0 Å². The first-order valence-corrected chi connectivity index (χ1v) is 12.1. The van der Waals surface area contributed by atoms with Crippen LogP contribution in [0, 0.1) is 5.82 Å². The molecule has 2 aliphatic heterocycles. The zero-order valence-corrected chi connectivity index (χ0v) is 20.9. The van der Waals surface area contributed by atoms with Crippen molar-refractivity contribution in [1.82, 2.24) is 14.7 Å². The molecule has 1 fully saturated rings. The van der Waals surface area contributed by atoms with E-state index in [4.69, 9.17) is 28.9 Å². The number of amides is 2. The second-order valence-electron chi connectivity index (χ2n) is 8.72. The number of piperazine rings is 1. The van der Waals surface area contributed by atoms with Gasteiger partial charge in [0.25, 0.3) is 11.8 Å². The Kier molecular flexibility index (Phi) is 6.36. The zero-order chi connectivity index (χ0) is 25.6. The molecule has 5 rings (SSSR count). The van der Waals surface area contributed by atoms with Crippen molar-refractivity contribution >= 4 is 46.5 Å². The first kappa shape index (κ1) is 24.1. The average molecular weight is 529 g/mol. The molecule has 0 radical (unpaired) electrons. The summed E-state index contributed by atoms with van der Waals surface area (Å²) in [7, 11) is 0. The number of anilines is 2. The molecule has 11 heteroatoms. The van der Waals surface area contributed by atoms with Gasteiger partial charge in [-0.15, -0.1) is 0 Å². The molecule has 1 atom stereocenters. The van der Waals surface area contributed by atoms with Crippen molar-refractivity contribution in [3.8, 4) is 0 Å². The fourth-order valence-corrected chi connectivity index (χ4v) is 4.96. The maximum atomic E-state index is 13.9. The van der Waals surface area contributed by atoms with Gasteiger partial charge in [0, 0.05) is 43.6 Å². The summed E-state index contributed by atoms with van der Waals surface area (Å²) in [5, 5.41) is 8.31. The van der Waals surface area contributed by atoms with E-state index in [2.05, 4.69) is 15.3 Å². The lowest BCUT2D eigenvalue weighted by atomic mass is 9.94. The number of aromatic nitrogens is 2. The lowest BCUT2D eigenvalue weighted by Gasteiger charge is -2.38. The molecule has 186 valence electrons. The SMILES string of the molecule is CC1=C(C(=O)N2CCN(c3ccc(F)cc3)CC2)C(c2ccc(Cl)c(Cl)c2)n2nc(C(N)=O)cc2N1. The lowest BCUT2D eigenvalue weighted by Crippen LogP contribution is -2.50. The highest BCUT2D eigenvalue weighted by atomic mass is 35.5. The van der Waals surface area contributed by atoms with Crippen molar-refractivity contribution in [3.05, 3.63) is 86.9 Å². The van der Waals surface area contributed by atoms with E-state index in [1.807, 2.05) is 6.92 Å². The number of carbonyl (C=O) groups excluding carboxylic acids is 2. The van der Waals surface area contributed by atoms with Crippen LogP contribution in [-0.4, -0.2) is 52.7 Å². The smallest absolute Gasteiger partial charge is 0.269 e. The van der Waals surface area contributed by atoms with Gasteiger partial charge >= 0.3 is 0 Å². The monoisotopic (exact) mass is 528 g/mol. The van der Waals surface area contributed by atoms with Crippen molar-refractivity contribution in [2.24, 2.45) is 5.73 Å². The van der Waals surface area contributed by atoms with E-state index >= 15 is 0 Å². The molecule has 3 aromatic rings. The Hall–Kier alpha value is -3.56. The number of carbonyl (C=O) groups is 2. The van der Waals surface area contributed by atoms with Gasteiger partial charge in [0.05, 0.1) is 15.6 Å². The third-order valence-corrected chi connectivity index (χ3v) is 7.21. The first-order chi connectivity index (χ1) is 17.2. The third-order valence-electron chi connectivity index (χ3n) is 6.47. The number of benzene rings is 2. The van der Waals surface area contributed by atoms with Gasteiger partial charge in [0.2, 0.25) is 0 Å². The molecule has 0 bridgehead atoms. The number of nitrogens with two attached hydrogens (primary N) is 1. The van der Waals surface area contributed by atoms with Crippen LogP contribution in [0.15, 0.2) is 59.8 Å². The molecule has 1 saturated heterocycles. The minimum atomic E-state index is -0.672. The molecule has 36 heavy (non-hydrogen) atoms. The van der Waals surface area contributed by atoms with Crippen LogP contribution >= 0.6 is 23.2 Å². The number of primary amides is 1. The first-order valence-electron chi connectivity index (χ1n) is 11.3. The van der Waals surface area contributed by atoms with Crippen LogP contribution in [0.3, 0.4) is 0 Å². The normalized spacial score (nSPS) is 17.6. The molecule has 1 aromatic heterocycles. The number of fused-ring (bicyclic) bond motifs is 1. The molecule has 3 N–H and O–H groups in total. The highest BCUT2D eigenvalue weighted by Gasteiger charge is 2.37. The van der Waals surface area contributed by atoms with Gasteiger partial charge in [-0.1, -0.05) is 29.3 Å². The molecule has 8 nitrogen and oxygen atoms in total. The molecule has 2 aromatic carbocycles. The molecular weight excluding hydrogens is 506 g/mol. The van der Waals surface area contributed by atoms with Crippen LogP contribution in [0.4, 0.5) is 15.9 Å². The standard InChI is InChI=1S/C25H23Cl2FN6O2/c1-14-22(25(36)33-10-8-32(9-11-33)17-5-3-16(28)4-6-17)23(15-2-7-18(26)19(27)12-15)34-21(30-14)13-20(31-34)24(29)35/h2-7,12-13,23,30H,8-11H2,1H3,(H2,29,35). The van der Waals surface area contributed by atoms with Gasteiger partial charge in [-0.2, -0.15) is 5.10 Å². The molecule has 0 saturated carbocycles. The van der Waals surface area contributed by atoms with E-state index in [0.29, 0.717) is 58.9 Å². The van der Waals surface area contributed by atoms with E-state index in [1.165, 1.54) is 12.1 Å². The molecule has 2 aliphatic rings. The minimum Gasteiger partial charge on any atom is -0.368 e. The average Bonchev–Trinajstić information content (AvgIpc) is 3.29. The van der Waals surface area contributed by atoms with Gasteiger partial charge < -0.3 is 20.9 Å². The van der Waals surface area contributed by atoms with Crippen molar-refractivity contribution < 1.29 is 14.0 Å². The van der Waals surface area contributed by atoms with Crippen molar-refractivity contribution in [2.45, 2.75) is 13.0 Å². The number of nitrogens with one attached hydrogen (secondary N) is 1. The predicted octanol–water partition coefficient (Wildman–Crippen LogP) is 4.07. The summed E-state index contributed by atoms with van der Waals surface area (Å²) < 4.78 is 14.9. The lowest BCUT2D eigenvalue weighted by molar-refractivity contribution is -0.128. The van der Waals surface area contributed by atoms with Crippen LogP contribution in [0.5, 0.6) is 0 Å². The summed E-state index contributed by atoms with van der Waals surface area (Å²) >= 11 is 12.5. The van der Waals surface area contributed by atoms with Crippen molar-refractivity contribution in [2.75, 3.05) is 36.4 Å². The van der Waals surface area contributed by atoms with Crippen LogP contribution in [0.25, 0.3) is 0 Å². The summed E-state index contributed by atoms with van der Waals surface area (Å²) in [6.45, 7) is 3.99. The van der Waals surface area contributed by atoms with E-state index in [9.17, 15) is 14.0 Å². The van der Waals surface area contributed by atoms with Gasteiger partial charge in [-0.3, -0.25) is 9.59 Å². The number of allylic oxidation sites excluding steroid dienone is 1. The zero-order valence-electron chi connectivity index (χ0n) is 19.3. The van der Waals surface area contributed by atoms with Gasteiger partial charge in [0.15, 0.2) is 5.69 Å². The Labute approximate surface area is 217 Å². The topological polar surface area (TPSA) is 96.5 Å². The Morgan fingerprint density at radius 2 is 1.72 bits per heavy atom. The van der Waals surface area contributed by atoms with Crippen LogP contribution in [0.2, 0.25) is 10.0 Å². The van der Waals surface area contributed by atoms with Crippen LogP contribution in [-0.2, 0) is 4.79 Å². The molecule has 0 aliphatic carbocycles. The minimum absolute atomic E-state index is 0.0805. The maximum Gasteiger partial charge on any atom is 0.269 e. The maximum absolute atomic E-state index is 13.9. The van der Waals surface area contributed by atoms with Gasteiger partial charge in [0.1, 0.15) is 17.7 Å². The van der Waals surface area contributed by atoms with E-state index in [0.717, 1.165) is 5.69 Å².